The normalized spacial score (nSPS) is 24.7. The van der Waals surface area contributed by atoms with Crippen LogP contribution in [0.2, 0.25) is 0 Å². The Labute approximate surface area is 156 Å². The van der Waals surface area contributed by atoms with E-state index in [4.69, 9.17) is 9.47 Å². The number of hydrogen-bond acceptors (Lipinski definition) is 3. The van der Waals surface area contributed by atoms with Crippen LogP contribution in [-0.2, 0) is 14.3 Å². The Bertz CT molecular complexity index is 352. The summed E-state index contributed by atoms with van der Waals surface area (Å²) < 4.78 is 11.2. The van der Waals surface area contributed by atoms with Crippen molar-refractivity contribution in [2.75, 3.05) is 6.61 Å². The highest BCUT2D eigenvalue weighted by atomic mass is 16.6. The molecule has 148 valence electrons. The Morgan fingerprint density at radius 1 is 1.08 bits per heavy atom. The van der Waals surface area contributed by atoms with E-state index >= 15 is 0 Å². The van der Waals surface area contributed by atoms with Gasteiger partial charge in [0.05, 0.1) is 17.6 Å². The molecule has 25 heavy (non-hydrogen) atoms. The molecule has 0 aromatic rings. The van der Waals surface area contributed by atoms with Crippen LogP contribution >= 0.6 is 0 Å². The van der Waals surface area contributed by atoms with Crippen LogP contribution in [0, 0.1) is 5.41 Å². The smallest absolute Gasteiger partial charge is 0.312 e. The molecule has 0 aromatic carbocycles. The fourth-order valence-electron chi connectivity index (χ4n) is 3.26. The first-order valence-corrected chi connectivity index (χ1v) is 10.4. The van der Waals surface area contributed by atoms with Crippen LogP contribution in [0.25, 0.3) is 0 Å². The molecule has 1 saturated heterocycles. The lowest BCUT2D eigenvalue weighted by molar-refractivity contribution is -0.162. The van der Waals surface area contributed by atoms with Crippen LogP contribution in [-0.4, -0.2) is 24.8 Å². The highest BCUT2D eigenvalue weighted by molar-refractivity contribution is 5.76. The zero-order valence-electron chi connectivity index (χ0n) is 17.6. The largest absolute Gasteiger partial charge is 0.463 e. The molecule has 2 aliphatic rings. The monoisotopic (exact) mass is 354 g/mol. The lowest BCUT2D eigenvalue weighted by Crippen LogP contribution is -2.36. The molecule has 1 heterocycles. The summed E-state index contributed by atoms with van der Waals surface area (Å²) in [6.45, 7) is 12.9. The minimum atomic E-state index is -0.192. The van der Waals surface area contributed by atoms with Gasteiger partial charge >= 0.3 is 5.97 Å². The van der Waals surface area contributed by atoms with E-state index in [9.17, 15) is 4.79 Å². The van der Waals surface area contributed by atoms with E-state index in [0.29, 0.717) is 12.7 Å². The lowest BCUT2D eigenvalue weighted by atomic mass is 9.72. The second kappa shape index (κ2) is 14.4. The predicted octanol–water partition coefficient (Wildman–Crippen LogP) is 6.46. The van der Waals surface area contributed by atoms with E-state index in [0.717, 1.165) is 32.1 Å². The van der Waals surface area contributed by atoms with Gasteiger partial charge in [0, 0.05) is 0 Å². The van der Waals surface area contributed by atoms with Crippen molar-refractivity contribution in [3.63, 3.8) is 0 Å². The summed E-state index contributed by atoms with van der Waals surface area (Å²) in [5.41, 5.74) is -0.192. The Kier molecular flexibility index (Phi) is 13.9. The zero-order valence-corrected chi connectivity index (χ0v) is 17.6. The average Bonchev–Trinajstić information content (AvgIpc) is 3.06. The van der Waals surface area contributed by atoms with Crippen molar-refractivity contribution in [2.24, 2.45) is 5.41 Å². The fraction of sp³-hybridized carbons (Fsp3) is 0.864. The first-order valence-electron chi connectivity index (χ1n) is 10.4. The summed E-state index contributed by atoms with van der Waals surface area (Å²) in [6, 6.07) is 0. The molecule has 2 fully saturated rings. The van der Waals surface area contributed by atoms with Crippen molar-refractivity contribution >= 4 is 5.97 Å². The van der Waals surface area contributed by atoms with Crippen LogP contribution in [0.4, 0.5) is 0 Å². The third kappa shape index (κ3) is 9.44. The number of rotatable bonds is 4. The lowest BCUT2D eigenvalue weighted by Gasteiger charge is -2.34. The van der Waals surface area contributed by atoms with E-state index in [1.165, 1.54) is 25.7 Å². The minimum Gasteiger partial charge on any atom is -0.463 e. The third-order valence-electron chi connectivity index (χ3n) is 4.97. The van der Waals surface area contributed by atoms with Crippen LogP contribution in [0.1, 0.15) is 99.3 Å². The fourth-order valence-corrected chi connectivity index (χ4v) is 3.26. The quantitative estimate of drug-likeness (QED) is 0.429. The van der Waals surface area contributed by atoms with Crippen LogP contribution in [0.5, 0.6) is 0 Å². The SMILES string of the molecule is C/C=C\C.CCC.CCC1(C(=O)OCC2CCC(C)O2)CCCCC1. The molecule has 2 unspecified atom stereocenters. The van der Waals surface area contributed by atoms with Gasteiger partial charge in [-0.2, -0.15) is 0 Å². The molecule has 0 radical (unpaired) electrons. The number of carbonyl (C=O) groups excluding carboxylic acids is 1. The van der Waals surface area contributed by atoms with Crippen LogP contribution in [0.15, 0.2) is 12.2 Å². The second-order valence-electron chi connectivity index (χ2n) is 7.31. The Balaban J connectivity index is 0.000000708. The van der Waals surface area contributed by atoms with Crippen molar-refractivity contribution in [3.8, 4) is 0 Å². The summed E-state index contributed by atoms with van der Waals surface area (Å²) >= 11 is 0. The summed E-state index contributed by atoms with van der Waals surface area (Å²) in [6.07, 6.45) is 14.3. The molecular formula is C22H42O3. The highest BCUT2D eigenvalue weighted by Crippen LogP contribution is 2.40. The molecule has 0 bridgehead atoms. The second-order valence-corrected chi connectivity index (χ2v) is 7.31. The summed E-state index contributed by atoms with van der Waals surface area (Å²) in [5.74, 6) is 0.0212. The molecule has 3 heteroatoms. The van der Waals surface area contributed by atoms with Crippen molar-refractivity contribution < 1.29 is 14.3 Å². The van der Waals surface area contributed by atoms with Gasteiger partial charge in [-0.05, 0) is 52.9 Å². The van der Waals surface area contributed by atoms with Gasteiger partial charge in [-0.1, -0.05) is 58.6 Å². The van der Waals surface area contributed by atoms with E-state index in [2.05, 4.69) is 27.7 Å². The zero-order chi connectivity index (χ0) is 19.1. The maximum absolute atomic E-state index is 12.3. The topological polar surface area (TPSA) is 35.5 Å². The maximum Gasteiger partial charge on any atom is 0.312 e. The van der Waals surface area contributed by atoms with E-state index in [-0.39, 0.29) is 17.5 Å². The van der Waals surface area contributed by atoms with Gasteiger partial charge in [0.25, 0.3) is 0 Å². The Morgan fingerprint density at radius 3 is 2.04 bits per heavy atom. The first kappa shape index (κ1) is 24.2. The Hall–Kier alpha value is -0.830. The van der Waals surface area contributed by atoms with Gasteiger partial charge in [0.2, 0.25) is 0 Å². The molecule has 0 amide bonds. The van der Waals surface area contributed by atoms with Gasteiger partial charge in [0.1, 0.15) is 6.61 Å². The van der Waals surface area contributed by atoms with Crippen molar-refractivity contribution in [2.45, 2.75) is 112 Å². The summed E-state index contributed by atoms with van der Waals surface area (Å²) in [5, 5.41) is 0. The first-order chi connectivity index (χ1) is 12.0. The molecule has 1 aliphatic carbocycles. The van der Waals surface area contributed by atoms with E-state index < -0.39 is 0 Å². The van der Waals surface area contributed by atoms with Crippen molar-refractivity contribution in [1.82, 2.24) is 0 Å². The highest BCUT2D eigenvalue weighted by Gasteiger charge is 2.39. The van der Waals surface area contributed by atoms with Crippen LogP contribution in [0.3, 0.4) is 0 Å². The molecule has 0 aromatic heterocycles. The van der Waals surface area contributed by atoms with Gasteiger partial charge in [-0.3, -0.25) is 4.79 Å². The van der Waals surface area contributed by atoms with Crippen LogP contribution < -0.4 is 0 Å². The van der Waals surface area contributed by atoms with Gasteiger partial charge < -0.3 is 9.47 Å². The molecule has 1 saturated carbocycles. The maximum atomic E-state index is 12.3. The van der Waals surface area contributed by atoms with E-state index in [1.807, 2.05) is 26.0 Å². The van der Waals surface area contributed by atoms with Gasteiger partial charge in [-0.25, -0.2) is 0 Å². The number of esters is 1. The average molecular weight is 355 g/mol. The van der Waals surface area contributed by atoms with E-state index in [1.54, 1.807) is 0 Å². The van der Waals surface area contributed by atoms with Gasteiger partial charge in [-0.15, -0.1) is 0 Å². The predicted molar refractivity (Wildman–Crippen MR) is 107 cm³/mol. The minimum absolute atomic E-state index is 0.0212. The molecule has 0 N–H and O–H groups in total. The summed E-state index contributed by atoms with van der Waals surface area (Å²) in [4.78, 5) is 12.3. The van der Waals surface area contributed by atoms with Crippen molar-refractivity contribution in [1.29, 1.82) is 0 Å². The molecule has 2 rings (SSSR count). The molecule has 2 atom stereocenters. The summed E-state index contributed by atoms with van der Waals surface area (Å²) in [7, 11) is 0. The number of ether oxygens (including phenoxy) is 2. The number of allylic oxidation sites excluding steroid dienone is 2. The number of hydrogen-bond donors (Lipinski definition) is 0. The third-order valence-corrected chi connectivity index (χ3v) is 4.97. The standard InChI is InChI=1S/C15H26O3.C4H8.C3H8/c1-3-15(9-5-4-6-10-15)14(16)17-11-13-8-7-12(2)18-13;1-3-4-2;1-3-2/h12-13H,3-11H2,1-2H3;3-4H,1-2H3;3H2,1-2H3/b;4-3-;. The van der Waals surface area contributed by atoms with Crippen molar-refractivity contribution in [3.05, 3.63) is 12.2 Å². The Morgan fingerprint density at radius 2 is 1.64 bits per heavy atom. The van der Waals surface area contributed by atoms with Gasteiger partial charge in [0.15, 0.2) is 0 Å². The molecule has 3 nitrogen and oxygen atoms in total. The number of carbonyl (C=O) groups is 1. The molecule has 0 spiro atoms. The molecular weight excluding hydrogens is 312 g/mol. The molecule has 1 aliphatic heterocycles.